The van der Waals surface area contributed by atoms with Crippen molar-refractivity contribution in [3.8, 4) is 0 Å². The standard InChI is InChI=1S/C16H28N2O/c17-14(13-6-2-1-3-7-13)15(19)18-11-10-16(12-18)8-4-5-9-16/h13-14H,1-12,17H2. The van der Waals surface area contributed by atoms with Gasteiger partial charge in [0.25, 0.3) is 0 Å². The molecule has 3 aliphatic rings. The molecule has 2 aliphatic carbocycles. The van der Waals surface area contributed by atoms with Crippen LogP contribution in [0.15, 0.2) is 0 Å². The van der Waals surface area contributed by atoms with Crippen molar-refractivity contribution in [2.45, 2.75) is 70.3 Å². The molecular weight excluding hydrogens is 236 g/mol. The Kier molecular flexibility index (Phi) is 3.84. The zero-order valence-electron chi connectivity index (χ0n) is 12.1. The first-order valence-electron chi connectivity index (χ1n) is 8.25. The number of nitrogens with two attached hydrogens (primary N) is 1. The van der Waals surface area contributed by atoms with Gasteiger partial charge in [0.05, 0.1) is 6.04 Å². The van der Waals surface area contributed by atoms with Gasteiger partial charge in [0.15, 0.2) is 0 Å². The number of amides is 1. The molecule has 3 nitrogen and oxygen atoms in total. The SMILES string of the molecule is NC(C(=O)N1CCC2(CCCC2)C1)C1CCCCC1. The monoisotopic (exact) mass is 264 g/mol. The lowest BCUT2D eigenvalue weighted by atomic mass is 9.83. The number of carbonyl (C=O) groups excluding carboxylic acids is 1. The predicted octanol–water partition coefficient (Wildman–Crippen LogP) is 2.69. The van der Waals surface area contributed by atoms with Gasteiger partial charge in [-0.25, -0.2) is 0 Å². The Morgan fingerprint density at radius 2 is 1.74 bits per heavy atom. The van der Waals surface area contributed by atoms with Crippen molar-refractivity contribution in [3.63, 3.8) is 0 Å². The van der Waals surface area contributed by atoms with Gasteiger partial charge in [-0.1, -0.05) is 32.1 Å². The molecule has 1 saturated heterocycles. The molecule has 2 N–H and O–H groups in total. The lowest BCUT2D eigenvalue weighted by Crippen LogP contribution is -2.47. The normalized spacial score (nSPS) is 29.0. The highest BCUT2D eigenvalue weighted by Gasteiger charge is 2.43. The molecule has 0 aromatic heterocycles. The fraction of sp³-hybridized carbons (Fsp3) is 0.938. The van der Waals surface area contributed by atoms with E-state index in [0.717, 1.165) is 25.9 Å². The molecule has 3 fully saturated rings. The van der Waals surface area contributed by atoms with E-state index in [1.165, 1.54) is 51.4 Å². The number of likely N-dealkylation sites (tertiary alicyclic amines) is 1. The molecule has 1 atom stereocenters. The number of carbonyl (C=O) groups is 1. The van der Waals surface area contributed by atoms with Crippen LogP contribution >= 0.6 is 0 Å². The molecular formula is C16H28N2O. The van der Waals surface area contributed by atoms with E-state index in [-0.39, 0.29) is 11.9 Å². The molecule has 3 heteroatoms. The second kappa shape index (κ2) is 5.43. The van der Waals surface area contributed by atoms with Gasteiger partial charge in [-0.3, -0.25) is 4.79 Å². The van der Waals surface area contributed by atoms with Crippen LogP contribution < -0.4 is 5.73 Å². The summed E-state index contributed by atoms with van der Waals surface area (Å²) >= 11 is 0. The number of rotatable bonds is 2. The maximum absolute atomic E-state index is 12.6. The van der Waals surface area contributed by atoms with Crippen molar-refractivity contribution < 1.29 is 4.79 Å². The van der Waals surface area contributed by atoms with Crippen LogP contribution in [0.3, 0.4) is 0 Å². The van der Waals surface area contributed by atoms with Crippen LogP contribution in [-0.4, -0.2) is 29.9 Å². The molecule has 1 aliphatic heterocycles. The summed E-state index contributed by atoms with van der Waals surface area (Å²) in [6, 6.07) is -0.225. The van der Waals surface area contributed by atoms with Crippen molar-refractivity contribution >= 4 is 5.91 Å². The Labute approximate surface area is 116 Å². The first-order chi connectivity index (χ1) is 9.20. The topological polar surface area (TPSA) is 46.3 Å². The summed E-state index contributed by atoms with van der Waals surface area (Å²) < 4.78 is 0. The van der Waals surface area contributed by atoms with Crippen LogP contribution in [0.1, 0.15) is 64.2 Å². The Bertz CT molecular complexity index is 330. The van der Waals surface area contributed by atoms with Crippen molar-refractivity contribution in [1.29, 1.82) is 0 Å². The maximum atomic E-state index is 12.6. The highest BCUT2D eigenvalue weighted by Crippen LogP contribution is 2.45. The highest BCUT2D eigenvalue weighted by atomic mass is 16.2. The van der Waals surface area contributed by atoms with Crippen LogP contribution in [0, 0.1) is 11.3 Å². The minimum absolute atomic E-state index is 0.225. The third-order valence-corrected chi connectivity index (χ3v) is 5.86. The summed E-state index contributed by atoms with van der Waals surface area (Å²) in [6.45, 7) is 1.95. The molecule has 1 unspecified atom stereocenters. The highest BCUT2D eigenvalue weighted by molar-refractivity contribution is 5.82. The van der Waals surface area contributed by atoms with E-state index in [1.54, 1.807) is 0 Å². The average molecular weight is 264 g/mol. The molecule has 1 spiro atoms. The second-order valence-electron chi connectivity index (χ2n) is 7.14. The molecule has 1 amide bonds. The number of nitrogens with zero attached hydrogens (tertiary/aromatic N) is 1. The number of hydrogen-bond donors (Lipinski definition) is 1. The molecule has 2 saturated carbocycles. The molecule has 0 bridgehead atoms. The number of hydrogen-bond acceptors (Lipinski definition) is 2. The molecule has 0 radical (unpaired) electrons. The molecule has 1 heterocycles. The third-order valence-electron chi connectivity index (χ3n) is 5.86. The van der Waals surface area contributed by atoms with Crippen molar-refractivity contribution in [2.75, 3.05) is 13.1 Å². The summed E-state index contributed by atoms with van der Waals surface area (Å²) in [5.41, 5.74) is 6.74. The van der Waals surface area contributed by atoms with Crippen LogP contribution in [-0.2, 0) is 4.79 Å². The van der Waals surface area contributed by atoms with Gasteiger partial charge in [0.2, 0.25) is 5.91 Å². The third kappa shape index (κ3) is 2.67. The van der Waals surface area contributed by atoms with E-state index >= 15 is 0 Å². The first-order valence-corrected chi connectivity index (χ1v) is 8.25. The van der Waals surface area contributed by atoms with E-state index in [2.05, 4.69) is 4.90 Å². The average Bonchev–Trinajstić information content (AvgIpc) is 3.09. The van der Waals surface area contributed by atoms with Gasteiger partial charge in [0, 0.05) is 13.1 Å². The fourth-order valence-corrected chi connectivity index (χ4v) is 4.56. The Morgan fingerprint density at radius 3 is 2.42 bits per heavy atom. The lowest BCUT2D eigenvalue weighted by Gasteiger charge is -2.30. The van der Waals surface area contributed by atoms with Crippen molar-refractivity contribution in [3.05, 3.63) is 0 Å². The minimum atomic E-state index is -0.225. The Hall–Kier alpha value is -0.570. The maximum Gasteiger partial charge on any atom is 0.239 e. The minimum Gasteiger partial charge on any atom is -0.341 e. The fourth-order valence-electron chi connectivity index (χ4n) is 4.56. The van der Waals surface area contributed by atoms with E-state index in [9.17, 15) is 4.79 Å². The largest absolute Gasteiger partial charge is 0.341 e. The van der Waals surface area contributed by atoms with Crippen LogP contribution in [0.4, 0.5) is 0 Å². The van der Waals surface area contributed by atoms with Gasteiger partial charge in [0.1, 0.15) is 0 Å². The Morgan fingerprint density at radius 1 is 1.05 bits per heavy atom. The van der Waals surface area contributed by atoms with Gasteiger partial charge in [-0.05, 0) is 43.4 Å². The van der Waals surface area contributed by atoms with E-state index in [1.807, 2.05) is 0 Å². The van der Waals surface area contributed by atoms with Crippen LogP contribution in [0.25, 0.3) is 0 Å². The van der Waals surface area contributed by atoms with E-state index < -0.39 is 0 Å². The predicted molar refractivity (Wildman–Crippen MR) is 76.6 cm³/mol. The molecule has 108 valence electrons. The van der Waals surface area contributed by atoms with Gasteiger partial charge < -0.3 is 10.6 Å². The van der Waals surface area contributed by atoms with E-state index in [4.69, 9.17) is 5.73 Å². The summed E-state index contributed by atoms with van der Waals surface area (Å²) in [7, 11) is 0. The first kappa shape index (κ1) is 13.4. The van der Waals surface area contributed by atoms with Crippen LogP contribution in [0.5, 0.6) is 0 Å². The smallest absolute Gasteiger partial charge is 0.239 e. The zero-order valence-corrected chi connectivity index (χ0v) is 12.1. The van der Waals surface area contributed by atoms with Gasteiger partial charge in [-0.15, -0.1) is 0 Å². The molecule has 19 heavy (non-hydrogen) atoms. The van der Waals surface area contributed by atoms with Gasteiger partial charge in [-0.2, -0.15) is 0 Å². The zero-order chi connectivity index (χ0) is 13.3. The summed E-state index contributed by atoms with van der Waals surface area (Å²) in [5.74, 6) is 0.692. The lowest BCUT2D eigenvalue weighted by molar-refractivity contribution is -0.133. The summed E-state index contributed by atoms with van der Waals surface area (Å²) in [5, 5.41) is 0. The van der Waals surface area contributed by atoms with Crippen molar-refractivity contribution in [1.82, 2.24) is 4.90 Å². The van der Waals surface area contributed by atoms with Gasteiger partial charge >= 0.3 is 0 Å². The molecule has 0 aromatic rings. The summed E-state index contributed by atoms with van der Waals surface area (Å²) in [4.78, 5) is 14.7. The summed E-state index contributed by atoms with van der Waals surface area (Å²) in [6.07, 6.45) is 12.8. The van der Waals surface area contributed by atoms with E-state index in [0.29, 0.717) is 11.3 Å². The second-order valence-corrected chi connectivity index (χ2v) is 7.14. The van der Waals surface area contributed by atoms with Crippen molar-refractivity contribution in [2.24, 2.45) is 17.1 Å². The quantitative estimate of drug-likeness (QED) is 0.833. The molecule has 3 rings (SSSR count). The Balaban J connectivity index is 1.58. The van der Waals surface area contributed by atoms with Crippen LogP contribution in [0.2, 0.25) is 0 Å². The molecule has 0 aromatic carbocycles.